The maximum absolute atomic E-state index is 14.2. The van der Waals surface area contributed by atoms with Crippen LogP contribution in [0.4, 0.5) is 4.39 Å². The van der Waals surface area contributed by atoms with Gasteiger partial charge in [0.2, 0.25) is 0 Å². The fourth-order valence-corrected chi connectivity index (χ4v) is 5.12. The molecule has 30 heavy (non-hydrogen) atoms. The molecule has 0 bridgehead atoms. The van der Waals surface area contributed by atoms with Crippen molar-refractivity contribution in [3.05, 3.63) is 75.2 Å². The van der Waals surface area contributed by atoms with Crippen LogP contribution in [0.5, 0.6) is 0 Å². The third kappa shape index (κ3) is 4.21. The van der Waals surface area contributed by atoms with Crippen molar-refractivity contribution in [2.75, 3.05) is 7.05 Å². The zero-order valence-electron chi connectivity index (χ0n) is 16.2. The number of halogens is 2. The van der Waals surface area contributed by atoms with Gasteiger partial charge in [-0.15, -0.1) is 10.2 Å². The number of hydrogen-bond acceptors (Lipinski definition) is 6. The molecule has 2 heterocycles. The first-order valence-corrected chi connectivity index (χ1v) is 11.2. The highest BCUT2D eigenvalue weighted by Crippen LogP contribution is 2.34. The highest BCUT2D eigenvalue weighted by molar-refractivity contribution is 8.00. The Morgan fingerprint density at radius 2 is 2.00 bits per heavy atom. The molecule has 0 aliphatic heterocycles. The van der Waals surface area contributed by atoms with Crippen LogP contribution in [0.1, 0.15) is 26.7 Å². The van der Waals surface area contributed by atoms with Crippen LogP contribution in [0.2, 0.25) is 5.02 Å². The van der Waals surface area contributed by atoms with Gasteiger partial charge < -0.3 is 9.32 Å². The second kappa shape index (κ2) is 8.75. The molecular weight excluding hydrogens is 445 g/mol. The third-order valence-electron chi connectivity index (χ3n) is 4.54. The molecule has 4 aromatic rings. The number of hydrogen-bond donors (Lipinski definition) is 0. The van der Waals surface area contributed by atoms with E-state index >= 15 is 0 Å². The molecule has 0 atom stereocenters. The number of benzene rings is 2. The molecule has 0 fully saturated rings. The molecule has 0 N–H and O–H groups in total. The number of nitrogens with zero attached hydrogens (tertiary/aromatic N) is 3. The van der Waals surface area contributed by atoms with E-state index in [-0.39, 0.29) is 28.8 Å². The number of rotatable bonds is 6. The number of amides is 1. The first kappa shape index (κ1) is 20.8. The number of furan rings is 1. The van der Waals surface area contributed by atoms with Crippen LogP contribution in [0.3, 0.4) is 0 Å². The SMILES string of the molecule is Cc1nnc(SCc2c(C(=O)N(C)Cc3c(F)cccc3Cl)oc3ccccc23)s1. The first-order valence-electron chi connectivity index (χ1n) is 9.05. The summed E-state index contributed by atoms with van der Waals surface area (Å²) in [5.41, 5.74) is 1.67. The normalized spacial score (nSPS) is 11.2. The summed E-state index contributed by atoms with van der Waals surface area (Å²) in [6.45, 7) is 1.93. The van der Waals surface area contributed by atoms with Gasteiger partial charge in [-0.05, 0) is 25.1 Å². The topological polar surface area (TPSA) is 59.2 Å². The van der Waals surface area contributed by atoms with E-state index in [0.717, 1.165) is 20.3 Å². The van der Waals surface area contributed by atoms with Crippen molar-refractivity contribution in [1.82, 2.24) is 15.1 Å². The minimum atomic E-state index is -0.450. The van der Waals surface area contributed by atoms with Crippen molar-refractivity contribution in [3.8, 4) is 0 Å². The van der Waals surface area contributed by atoms with Crippen molar-refractivity contribution in [2.24, 2.45) is 0 Å². The number of aryl methyl sites for hydroxylation is 1. The van der Waals surface area contributed by atoms with Gasteiger partial charge in [-0.3, -0.25) is 4.79 Å². The number of thioether (sulfide) groups is 1. The van der Waals surface area contributed by atoms with Crippen LogP contribution in [-0.2, 0) is 12.3 Å². The predicted molar refractivity (Wildman–Crippen MR) is 118 cm³/mol. The largest absolute Gasteiger partial charge is 0.451 e. The van der Waals surface area contributed by atoms with Crippen molar-refractivity contribution in [2.45, 2.75) is 23.6 Å². The maximum atomic E-state index is 14.2. The molecule has 0 radical (unpaired) electrons. The molecule has 0 unspecified atom stereocenters. The van der Waals surface area contributed by atoms with E-state index in [1.54, 1.807) is 13.1 Å². The fourth-order valence-electron chi connectivity index (χ4n) is 3.05. The number of fused-ring (bicyclic) bond motifs is 1. The average Bonchev–Trinajstić information content (AvgIpc) is 3.31. The Balaban J connectivity index is 1.64. The van der Waals surface area contributed by atoms with Gasteiger partial charge in [-0.25, -0.2) is 4.39 Å². The predicted octanol–water partition coefficient (Wildman–Crippen LogP) is 5.95. The van der Waals surface area contributed by atoms with Crippen molar-refractivity contribution in [1.29, 1.82) is 0 Å². The van der Waals surface area contributed by atoms with Gasteiger partial charge in [0.15, 0.2) is 10.1 Å². The molecule has 0 spiro atoms. The number of aromatic nitrogens is 2. The van der Waals surface area contributed by atoms with Crippen molar-refractivity contribution >= 4 is 51.6 Å². The summed E-state index contributed by atoms with van der Waals surface area (Å²) >= 11 is 9.12. The molecule has 0 saturated carbocycles. The molecule has 0 saturated heterocycles. The van der Waals surface area contributed by atoms with E-state index in [4.69, 9.17) is 16.0 Å². The molecule has 1 amide bonds. The van der Waals surface area contributed by atoms with E-state index in [9.17, 15) is 9.18 Å². The lowest BCUT2D eigenvalue weighted by molar-refractivity contribution is 0.0753. The minimum Gasteiger partial charge on any atom is -0.451 e. The van der Waals surface area contributed by atoms with Crippen molar-refractivity contribution < 1.29 is 13.6 Å². The molecule has 2 aromatic heterocycles. The number of carbonyl (C=O) groups excluding carboxylic acids is 1. The van der Waals surface area contributed by atoms with Crippen LogP contribution in [-0.4, -0.2) is 28.1 Å². The lowest BCUT2D eigenvalue weighted by Gasteiger charge is -2.18. The van der Waals surface area contributed by atoms with Gasteiger partial charge in [-0.2, -0.15) is 0 Å². The molecule has 2 aromatic carbocycles. The van der Waals surface area contributed by atoms with E-state index in [1.165, 1.54) is 40.1 Å². The summed E-state index contributed by atoms with van der Waals surface area (Å²) in [5, 5.41) is 10.2. The summed E-state index contributed by atoms with van der Waals surface area (Å²) in [6.07, 6.45) is 0. The summed E-state index contributed by atoms with van der Waals surface area (Å²) < 4.78 is 20.9. The zero-order chi connectivity index (χ0) is 21.3. The molecule has 5 nitrogen and oxygen atoms in total. The van der Waals surface area contributed by atoms with Gasteiger partial charge in [0, 0.05) is 34.3 Å². The summed E-state index contributed by atoms with van der Waals surface area (Å²) in [6, 6.07) is 12.0. The minimum absolute atomic E-state index is 0.0313. The number of carbonyl (C=O) groups is 1. The van der Waals surface area contributed by atoms with Gasteiger partial charge in [0.05, 0.1) is 6.54 Å². The Labute approximate surface area is 185 Å². The van der Waals surface area contributed by atoms with Crippen LogP contribution in [0.25, 0.3) is 11.0 Å². The van der Waals surface area contributed by atoms with Gasteiger partial charge in [0.1, 0.15) is 16.4 Å². The Hall–Kier alpha value is -2.42. The molecular formula is C21H17ClFN3O2S2. The Kier molecular flexibility index (Phi) is 6.08. The quantitative estimate of drug-likeness (QED) is 0.332. The van der Waals surface area contributed by atoms with Crippen LogP contribution < -0.4 is 0 Å². The standard InChI is InChI=1S/C21H17ClFN3O2S2/c1-12-24-25-21(30-12)29-11-15-13-6-3-4-9-18(13)28-19(15)20(27)26(2)10-14-16(22)7-5-8-17(14)23/h3-9H,10-11H2,1-2H3. The lowest BCUT2D eigenvalue weighted by Crippen LogP contribution is -2.27. The smallest absolute Gasteiger partial charge is 0.289 e. The van der Waals surface area contributed by atoms with E-state index in [0.29, 0.717) is 11.3 Å². The van der Waals surface area contributed by atoms with E-state index in [2.05, 4.69) is 10.2 Å². The first-order chi connectivity index (χ1) is 14.4. The third-order valence-corrected chi connectivity index (χ3v) is 6.90. The second-order valence-corrected chi connectivity index (χ2v) is 9.45. The molecule has 4 rings (SSSR count). The van der Waals surface area contributed by atoms with Crippen LogP contribution in [0.15, 0.2) is 51.2 Å². The maximum Gasteiger partial charge on any atom is 0.289 e. The highest BCUT2D eigenvalue weighted by atomic mass is 35.5. The Morgan fingerprint density at radius 1 is 1.20 bits per heavy atom. The summed E-state index contributed by atoms with van der Waals surface area (Å²) in [7, 11) is 1.60. The van der Waals surface area contributed by atoms with E-state index < -0.39 is 5.82 Å². The Bertz CT molecular complexity index is 1200. The monoisotopic (exact) mass is 461 g/mol. The van der Waals surface area contributed by atoms with Gasteiger partial charge in [-0.1, -0.05) is 59.0 Å². The fraction of sp³-hybridized carbons (Fsp3) is 0.190. The average molecular weight is 462 g/mol. The zero-order valence-corrected chi connectivity index (χ0v) is 18.6. The Morgan fingerprint density at radius 3 is 2.73 bits per heavy atom. The van der Waals surface area contributed by atoms with Gasteiger partial charge >= 0.3 is 0 Å². The molecule has 0 aliphatic rings. The summed E-state index contributed by atoms with van der Waals surface area (Å²) in [5.74, 6) is -0.0512. The van der Waals surface area contributed by atoms with Crippen molar-refractivity contribution in [3.63, 3.8) is 0 Å². The number of para-hydroxylation sites is 1. The second-order valence-electron chi connectivity index (χ2n) is 6.64. The summed E-state index contributed by atoms with van der Waals surface area (Å²) in [4.78, 5) is 14.6. The molecule has 9 heteroatoms. The highest BCUT2D eigenvalue weighted by Gasteiger charge is 2.25. The lowest BCUT2D eigenvalue weighted by atomic mass is 10.1. The van der Waals surface area contributed by atoms with Crippen LogP contribution in [0, 0.1) is 12.7 Å². The van der Waals surface area contributed by atoms with Gasteiger partial charge in [0.25, 0.3) is 5.91 Å². The van der Waals surface area contributed by atoms with E-state index in [1.807, 2.05) is 31.2 Å². The van der Waals surface area contributed by atoms with Crippen LogP contribution >= 0.6 is 34.7 Å². The molecule has 0 aliphatic carbocycles. The molecule has 154 valence electrons.